The molecule has 0 aliphatic heterocycles. The van der Waals surface area contributed by atoms with Crippen LogP contribution in [0.5, 0.6) is 5.75 Å². The Bertz CT molecular complexity index is 1210. The van der Waals surface area contributed by atoms with Crippen LogP contribution in [0.1, 0.15) is 30.6 Å². The summed E-state index contributed by atoms with van der Waals surface area (Å²) < 4.78 is 36.3. The maximum atomic E-state index is 13.0. The van der Waals surface area contributed by atoms with Crippen LogP contribution in [0.3, 0.4) is 0 Å². The lowest BCUT2D eigenvalue weighted by molar-refractivity contribution is 0.0697. The van der Waals surface area contributed by atoms with E-state index in [1.165, 1.54) is 37.3 Å². The minimum absolute atomic E-state index is 0.0330. The van der Waals surface area contributed by atoms with Crippen molar-refractivity contribution in [3.05, 3.63) is 46.1 Å². The first-order valence-corrected chi connectivity index (χ1v) is 10.1. The van der Waals surface area contributed by atoms with Crippen LogP contribution in [-0.4, -0.2) is 31.9 Å². The summed E-state index contributed by atoms with van der Waals surface area (Å²) in [7, 11) is -3.69. The van der Waals surface area contributed by atoms with Crippen LogP contribution in [-0.2, 0) is 9.84 Å². The second-order valence-electron chi connectivity index (χ2n) is 6.00. The van der Waals surface area contributed by atoms with E-state index >= 15 is 0 Å². The van der Waals surface area contributed by atoms with Crippen LogP contribution < -0.4 is 10.2 Å². The molecule has 0 fully saturated rings. The SMILES string of the molecule is CCCOc1cc(S(=O)(=O)CC)c2oc3ccc(C(=O)O)cc3c(=O)c2c1. The van der Waals surface area contributed by atoms with Gasteiger partial charge in [-0.1, -0.05) is 13.8 Å². The van der Waals surface area contributed by atoms with E-state index in [9.17, 15) is 18.0 Å². The Labute approximate surface area is 155 Å². The standard InChI is InChI=1S/C19H18O7S/c1-3-7-25-12-9-14-17(20)13-8-11(19(21)22)5-6-15(13)26-18(14)16(10-12)27(23,24)4-2/h5-6,8-10H,3-4,7H2,1-2H3,(H,21,22). The molecular formula is C19H18O7S. The van der Waals surface area contributed by atoms with E-state index in [1.54, 1.807) is 0 Å². The van der Waals surface area contributed by atoms with Crippen LogP contribution in [0.2, 0.25) is 0 Å². The zero-order valence-corrected chi connectivity index (χ0v) is 15.6. The monoisotopic (exact) mass is 390 g/mol. The molecule has 1 N–H and O–H groups in total. The van der Waals surface area contributed by atoms with Gasteiger partial charge in [-0.05, 0) is 30.7 Å². The number of aromatic carboxylic acids is 1. The predicted octanol–water partition coefficient (Wildman–Crippen LogP) is 3.23. The molecule has 1 aromatic heterocycles. The highest BCUT2D eigenvalue weighted by atomic mass is 32.2. The van der Waals surface area contributed by atoms with E-state index in [2.05, 4.69) is 0 Å². The Morgan fingerprint density at radius 1 is 1.15 bits per heavy atom. The third-order valence-corrected chi connectivity index (χ3v) is 5.88. The number of hydrogen-bond donors (Lipinski definition) is 1. The fourth-order valence-electron chi connectivity index (χ4n) is 2.73. The first-order valence-electron chi connectivity index (χ1n) is 8.42. The summed E-state index contributed by atoms with van der Waals surface area (Å²) in [5.41, 5.74) is -0.508. The first kappa shape index (κ1) is 18.9. The highest BCUT2D eigenvalue weighted by Crippen LogP contribution is 2.30. The molecule has 7 nitrogen and oxygen atoms in total. The third-order valence-electron chi connectivity index (χ3n) is 4.14. The van der Waals surface area contributed by atoms with Crippen molar-refractivity contribution in [1.82, 2.24) is 0 Å². The van der Waals surface area contributed by atoms with E-state index in [0.29, 0.717) is 13.0 Å². The maximum Gasteiger partial charge on any atom is 0.335 e. The van der Waals surface area contributed by atoms with Crippen LogP contribution in [0, 0.1) is 0 Å². The van der Waals surface area contributed by atoms with Gasteiger partial charge in [-0.3, -0.25) is 4.79 Å². The minimum atomic E-state index is -3.69. The molecule has 3 aromatic rings. The Morgan fingerprint density at radius 3 is 2.52 bits per heavy atom. The topological polar surface area (TPSA) is 111 Å². The second-order valence-corrected chi connectivity index (χ2v) is 8.24. The smallest absolute Gasteiger partial charge is 0.335 e. The number of benzene rings is 2. The summed E-state index contributed by atoms with van der Waals surface area (Å²) in [4.78, 5) is 24.0. The molecule has 0 saturated carbocycles. The zero-order chi connectivity index (χ0) is 19.8. The molecule has 0 unspecified atom stereocenters. The third kappa shape index (κ3) is 3.40. The maximum absolute atomic E-state index is 13.0. The number of sulfone groups is 1. The van der Waals surface area contributed by atoms with E-state index in [1.807, 2.05) is 6.92 Å². The molecule has 0 amide bonds. The van der Waals surface area contributed by atoms with E-state index in [4.69, 9.17) is 14.3 Å². The van der Waals surface area contributed by atoms with E-state index in [-0.39, 0.29) is 43.9 Å². The van der Waals surface area contributed by atoms with Gasteiger partial charge in [0, 0.05) is 6.07 Å². The summed E-state index contributed by atoms with van der Waals surface area (Å²) >= 11 is 0. The Morgan fingerprint density at radius 2 is 1.89 bits per heavy atom. The number of fused-ring (bicyclic) bond motifs is 2. The molecule has 1 heterocycles. The van der Waals surface area contributed by atoms with Gasteiger partial charge in [-0.25, -0.2) is 13.2 Å². The van der Waals surface area contributed by atoms with Gasteiger partial charge < -0.3 is 14.3 Å². The Hall–Kier alpha value is -2.87. The number of carbonyl (C=O) groups is 1. The van der Waals surface area contributed by atoms with Crippen molar-refractivity contribution in [1.29, 1.82) is 0 Å². The van der Waals surface area contributed by atoms with Gasteiger partial charge in [0.05, 0.1) is 28.7 Å². The molecule has 27 heavy (non-hydrogen) atoms. The van der Waals surface area contributed by atoms with Crippen LogP contribution in [0.4, 0.5) is 0 Å². The molecule has 8 heteroatoms. The number of carboxylic acids is 1. The lowest BCUT2D eigenvalue weighted by Crippen LogP contribution is -2.10. The lowest BCUT2D eigenvalue weighted by Gasteiger charge is -2.11. The fraction of sp³-hybridized carbons (Fsp3) is 0.263. The normalized spacial score (nSPS) is 11.8. The molecule has 0 aliphatic rings. The summed E-state index contributed by atoms with van der Waals surface area (Å²) in [6, 6.07) is 6.65. The molecule has 0 radical (unpaired) electrons. The van der Waals surface area contributed by atoms with Crippen molar-refractivity contribution in [2.24, 2.45) is 0 Å². The fourth-order valence-corrected chi connectivity index (χ4v) is 3.77. The molecule has 0 saturated heterocycles. The molecular weight excluding hydrogens is 372 g/mol. The minimum Gasteiger partial charge on any atom is -0.494 e. The second kappa shape index (κ2) is 7.03. The summed E-state index contributed by atoms with van der Waals surface area (Å²) in [5.74, 6) is -1.10. The van der Waals surface area contributed by atoms with Crippen molar-refractivity contribution in [2.45, 2.75) is 25.2 Å². The van der Waals surface area contributed by atoms with Gasteiger partial charge in [-0.15, -0.1) is 0 Å². The molecule has 0 bridgehead atoms. The first-order chi connectivity index (χ1) is 12.8. The number of ether oxygens (including phenoxy) is 1. The highest BCUT2D eigenvalue weighted by Gasteiger charge is 2.22. The predicted molar refractivity (Wildman–Crippen MR) is 100 cm³/mol. The number of hydrogen-bond acceptors (Lipinski definition) is 6. The van der Waals surface area contributed by atoms with Gasteiger partial charge in [0.15, 0.2) is 15.4 Å². The molecule has 3 rings (SSSR count). The number of carboxylic acid groups (broad SMARTS) is 1. The summed E-state index contributed by atoms with van der Waals surface area (Å²) in [5, 5.41) is 9.24. The molecule has 2 aromatic carbocycles. The largest absolute Gasteiger partial charge is 0.494 e. The van der Waals surface area contributed by atoms with Crippen molar-refractivity contribution in [3.8, 4) is 5.75 Å². The van der Waals surface area contributed by atoms with Crippen LogP contribution >= 0.6 is 0 Å². The van der Waals surface area contributed by atoms with Gasteiger partial charge in [0.25, 0.3) is 0 Å². The van der Waals surface area contributed by atoms with Gasteiger partial charge >= 0.3 is 5.97 Å². The highest BCUT2D eigenvalue weighted by molar-refractivity contribution is 7.91. The summed E-state index contributed by atoms with van der Waals surface area (Å²) in [6.07, 6.45) is 0.711. The van der Waals surface area contributed by atoms with Gasteiger partial charge in [0.2, 0.25) is 5.43 Å². The van der Waals surface area contributed by atoms with Crippen molar-refractivity contribution < 1.29 is 27.5 Å². The lowest BCUT2D eigenvalue weighted by atomic mass is 10.1. The van der Waals surface area contributed by atoms with Crippen LogP contribution in [0.25, 0.3) is 21.9 Å². The quantitative estimate of drug-likeness (QED) is 0.643. The average molecular weight is 390 g/mol. The van der Waals surface area contributed by atoms with Gasteiger partial charge in [-0.2, -0.15) is 0 Å². The average Bonchev–Trinajstić information content (AvgIpc) is 2.65. The van der Waals surface area contributed by atoms with Crippen LogP contribution in [0.15, 0.2) is 44.4 Å². The van der Waals surface area contributed by atoms with Crippen molar-refractivity contribution in [2.75, 3.05) is 12.4 Å². The van der Waals surface area contributed by atoms with E-state index < -0.39 is 21.2 Å². The molecule has 0 atom stereocenters. The van der Waals surface area contributed by atoms with Crippen molar-refractivity contribution >= 4 is 37.7 Å². The zero-order valence-electron chi connectivity index (χ0n) is 14.8. The van der Waals surface area contributed by atoms with Gasteiger partial charge in [0.1, 0.15) is 16.2 Å². The Kier molecular flexibility index (Phi) is 4.93. The molecule has 0 spiro atoms. The summed E-state index contributed by atoms with van der Waals surface area (Å²) in [6.45, 7) is 3.76. The molecule has 142 valence electrons. The number of rotatable bonds is 6. The molecule has 0 aliphatic carbocycles. The Balaban J connectivity index is 2.43. The van der Waals surface area contributed by atoms with E-state index in [0.717, 1.165) is 0 Å². The van der Waals surface area contributed by atoms with Crippen molar-refractivity contribution in [3.63, 3.8) is 0 Å².